The van der Waals surface area contributed by atoms with Gasteiger partial charge in [-0.05, 0) is 45.4 Å². The van der Waals surface area contributed by atoms with E-state index in [4.69, 9.17) is 5.26 Å². The van der Waals surface area contributed by atoms with Crippen LogP contribution in [0.2, 0.25) is 0 Å². The fourth-order valence-electron chi connectivity index (χ4n) is 2.10. The first kappa shape index (κ1) is 14.7. The maximum Gasteiger partial charge on any atom is 0.0991 e. The topological polar surface area (TPSA) is 47.3 Å². The Bertz CT molecular complexity index is 395. The summed E-state index contributed by atoms with van der Waals surface area (Å²) < 4.78 is 0. The molecule has 0 radical (unpaired) electrons. The lowest BCUT2D eigenvalue weighted by molar-refractivity contribution is 0.0756. The number of nitrogens with zero attached hydrogens (tertiary/aromatic N) is 2. The van der Waals surface area contributed by atoms with Gasteiger partial charge in [0.15, 0.2) is 0 Å². The van der Waals surface area contributed by atoms with E-state index in [0.717, 1.165) is 5.56 Å². The molecule has 0 spiro atoms. The molecule has 0 bridgehead atoms. The fraction of sp³-hybridized carbons (Fsp3) is 0.533. The predicted molar refractivity (Wildman–Crippen MR) is 73.1 cm³/mol. The highest BCUT2D eigenvalue weighted by Crippen LogP contribution is 2.17. The average molecular weight is 246 g/mol. The summed E-state index contributed by atoms with van der Waals surface area (Å²) in [6.45, 7) is 9.13. The van der Waals surface area contributed by atoms with Gasteiger partial charge in [0.2, 0.25) is 0 Å². The van der Waals surface area contributed by atoms with E-state index in [1.807, 2.05) is 12.1 Å². The van der Waals surface area contributed by atoms with Gasteiger partial charge in [0.05, 0.1) is 17.7 Å². The van der Waals surface area contributed by atoms with Gasteiger partial charge in [-0.2, -0.15) is 5.26 Å². The van der Waals surface area contributed by atoms with Gasteiger partial charge >= 0.3 is 0 Å². The van der Waals surface area contributed by atoms with Crippen LogP contribution < -0.4 is 0 Å². The Morgan fingerprint density at radius 2 is 1.61 bits per heavy atom. The third-order valence-electron chi connectivity index (χ3n) is 3.13. The second-order valence-corrected chi connectivity index (χ2v) is 5.13. The maximum absolute atomic E-state index is 10.2. The van der Waals surface area contributed by atoms with E-state index in [9.17, 15) is 5.11 Å². The van der Waals surface area contributed by atoms with Gasteiger partial charge in [0.1, 0.15) is 0 Å². The second kappa shape index (κ2) is 6.53. The van der Waals surface area contributed by atoms with Crippen LogP contribution in [0.4, 0.5) is 0 Å². The number of benzene rings is 1. The summed E-state index contributed by atoms with van der Waals surface area (Å²) in [6.07, 6.45) is -0.512. The number of rotatable bonds is 5. The largest absolute Gasteiger partial charge is 0.387 e. The van der Waals surface area contributed by atoms with Gasteiger partial charge in [0.25, 0.3) is 0 Å². The van der Waals surface area contributed by atoms with E-state index in [2.05, 4.69) is 38.7 Å². The predicted octanol–water partition coefficient (Wildman–Crippen LogP) is 2.71. The molecule has 1 rings (SSSR count). The zero-order valence-corrected chi connectivity index (χ0v) is 11.6. The molecule has 1 aromatic carbocycles. The average Bonchev–Trinajstić information content (AvgIpc) is 2.35. The highest BCUT2D eigenvalue weighted by molar-refractivity contribution is 5.32. The molecule has 3 heteroatoms. The van der Waals surface area contributed by atoms with Crippen LogP contribution in [0.5, 0.6) is 0 Å². The van der Waals surface area contributed by atoms with Crippen molar-refractivity contribution in [3.8, 4) is 6.07 Å². The van der Waals surface area contributed by atoms with Crippen molar-refractivity contribution < 1.29 is 5.11 Å². The molecule has 0 fully saturated rings. The number of aliphatic hydroxyl groups is 1. The molecule has 0 unspecified atom stereocenters. The molecule has 18 heavy (non-hydrogen) atoms. The van der Waals surface area contributed by atoms with E-state index < -0.39 is 6.10 Å². The Hall–Kier alpha value is -1.37. The Balaban J connectivity index is 2.74. The van der Waals surface area contributed by atoms with E-state index in [1.165, 1.54) is 0 Å². The second-order valence-electron chi connectivity index (χ2n) is 5.13. The molecule has 0 saturated heterocycles. The van der Waals surface area contributed by atoms with Crippen LogP contribution in [0.25, 0.3) is 0 Å². The van der Waals surface area contributed by atoms with Crippen molar-refractivity contribution in [1.29, 1.82) is 5.26 Å². The highest BCUT2D eigenvalue weighted by Gasteiger charge is 2.18. The van der Waals surface area contributed by atoms with Crippen LogP contribution in [-0.2, 0) is 0 Å². The molecule has 3 nitrogen and oxygen atoms in total. The summed E-state index contributed by atoms with van der Waals surface area (Å²) in [4.78, 5) is 2.25. The van der Waals surface area contributed by atoms with E-state index in [0.29, 0.717) is 24.2 Å². The number of hydrogen-bond acceptors (Lipinski definition) is 3. The minimum absolute atomic E-state index is 0.401. The maximum atomic E-state index is 10.2. The normalized spacial score (nSPS) is 13.1. The first-order valence-electron chi connectivity index (χ1n) is 6.39. The first-order chi connectivity index (χ1) is 8.45. The minimum atomic E-state index is -0.512. The fourth-order valence-corrected chi connectivity index (χ4v) is 2.10. The quantitative estimate of drug-likeness (QED) is 0.869. The number of nitriles is 1. The summed E-state index contributed by atoms with van der Waals surface area (Å²) in [7, 11) is 0. The molecular formula is C15H22N2O. The van der Waals surface area contributed by atoms with Gasteiger partial charge in [-0.1, -0.05) is 12.1 Å². The molecular weight excluding hydrogens is 224 g/mol. The van der Waals surface area contributed by atoms with Crippen LogP contribution in [0.15, 0.2) is 24.3 Å². The molecule has 0 heterocycles. The monoisotopic (exact) mass is 246 g/mol. The third-order valence-corrected chi connectivity index (χ3v) is 3.13. The molecule has 0 aromatic heterocycles. The number of hydrogen-bond donors (Lipinski definition) is 1. The molecule has 0 aliphatic heterocycles. The van der Waals surface area contributed by atoms with Crippen molar-refractivity contribution in [3.05, 3.63) is 35.4 Å². The smallest absolute Gasteiger partial charge is 0.0991 e. The lowest BCUT2D eigenvalue weighted by atomic mass is 10.1. The Morgan fingerprint density at radius 1 is 1.11 bits per heavy atom. The Kier molecular flexibility index (Phi) is 5.33. The summed E-state index contributed by atoms with van der Waals surface area (Å²) in [5.74, 6) is 0. The van der Waals surface area contributed by atoms with Crippen LogP contribution >= 0.6 is 0 Å². The molecule has 1 N–H and O–H groups in total. The minimum Gasteiger partial charge on any atom is -0.387 e. The number of aliphatic hydroxyl groups excluding tert-OH is 1. The van der Waals surface area contributed by atoms with E-state index >= 15 is 0 Å². The van der Waals surface area contributed by atoms with E-state index in [-0.39, 0.29) is 0 Å². The van der Waals surface area contributed by atoms with Gasteiger partial charge in [0, 0.05) is 18.6 Å². The van der Waals surface area contributed by atoms with Gasteiger partial charge in [-0.15, -0.1) is 0 Å². The van der Waals surface area contributed by atoms with Crippen molar-refractivity contribution in [2.75, 3.05) is 6.54 Å². The van der Waals surface area contributed by atoms with Crippen molar-refractivity contribution in [1.82, 2.24) is 4.90 Å². The van der Waals surface area contributed by atoms with Crippen molar-refractivity contribution in [2.45, 2.75) is 45.9 Å². The molecule has 1 aromatic rings. The van der Waals surface area contributed by atoms with Crippen molar-refractivity contribution in [3.63, 3.8) is 0 Å². The summed E-state index contributed by atoms with van der Waals surface area (Å²) >= 11 is 0. The molecule has 98 valence electrons. The Labute approximate surface area is 110 Å². The van der Waals surface area contributed by atoms with Crippen molar-refractivity contribution >= 4 is 0 Å². The van der Waals surface area contributed by atoms with Gasteiger partial charge in [-0.25, -0.2) is 0 Å². The van der Waals surface area contributed by atoms with Gasteiger partial charge < -0.3 is 5.11 Å². The summed E-state index contributed by atoms with van der Waals surface area (Å²) in [6, 6.07) is 10.0. The zero-order valence-electron chi connectivity index (χ0n) is 11.6. The van der Waals surface area contributed by atoms with Crippen molar-refractivity contribution in [2.24, 2.45) is 0 Å². The molecule has 0 aliphatic rings. The lowest BCUT2D eigenvalue weighted by Crippen LogP contribution is -2.39. The third kappa shape index (κ3) is 3.83. The first-order valence-corrected chi connectivity index (χ1v) is 6.39. The zero-order chi connectivity index (χ0) is 13.7. The van der Waals surface area contributed by atoms with Crippen LogP contribution in [0, 0.1) is 11.3 Å². The molecule has 0 aliphatic carbocycles. The molecule has 1 atom stereocenters. The highest BCUT2D eigenvalue weighted by atomic mass is 16.3. The van der Waals surface area contributed by atoms with E-state index in [1.54, 1.807) is 12.1 Å². The molecule has 0 amide bonds. The SMILES string of the molecule is CC(C)N(C[C@@H](O)c1ccc(C#N)cc1)C(C)C. The standard InChI is InChI=1S/C15H22N2O/c1-11(2)17(12(3)4)10-15(18)14-7-5-13(9-16)6-8-14/h5-8,11-12,15,18H,10H2,1-4H3/t15-/m1/s1. The molecule has 0 saturated carbocycles. The summed E-state index contributed by atoms with van der Waals surface area (Å²) in [5.41, 5.74) is 1.48. The van der Waals surface area contributed by atoms with Crippen LogP contribution in [0.3, 0.4) is 0 Å². The van der Waals surface area contributed by atoms with Gasteiger partial charge in [-0.3, -0.25) is 4.90 Å². The van der Waals surface area contributed by atoms with Crippen LogP contribution in [-0.4, -0.2) is 28.6 Å². The lowest BCUT2D eigenvalue weighted by Gasteiger charge is -2.32. The van der Waals surface area contributed by atoms with Crippen LogP contribution in [0.1, 0.15) is 44.9 Å². The summed E-state index contributed by atoms with van der Waals surface area (Å²) in [5, 5.41) is 19.0. The Morgan fingerprint density at radius 3 is 2.00 bits per heavy atom.